The van der Waals surface area contributed by atoms with Crippen molar-refractivity contribution in [1.29, 1.82) is 0 Å². The molecule has 0 aromatic rings. The summed E-state index contributed by atoms with van der Waals surface area (Å²) in [4.78, 5) is 10.1. The molecule has 2 heteroatoms. The van der Waals surface area contributed by atoms with Gasteiger partial charge in [-0.3, -0.25) is 4.79 Å². The lowest BCUT2D eigenvalue weighted by Gasteiger charge is -1.84. The van der Waals surface area contributed by atoms with Gasteiger partial charge in [-0.05, 0) is 12.3 Å². The topological polar surface area (TPSA) is 37.3 Å². The molecular formula is C6H10O2. The van der Waals surface area contributed by atoms with E-state index in [1.807, 2.05) is 6.92 Å². The lowest BCUT2D eigenvalue weighted by atomic mass is 10.3. The predicted octanol–water partition coefficient (Wildman–Crippen LogP) is 1.12. The number of rotatable bonds is 2. The quantitative estimate of drug-likeness (QED) is 0.584. The minimum absolute atomic E-state index is 0.000000000000000222. The third-order valence-electron chi connectivity index (χ3n) is 1.76. The molecular weight excluding hydrogens is 104 g/mol. The summed E-state index contributed by atoms with van der Waals surface area (Å²) >= 11 is 0. The molecule has 8 heavy (non-hydrogen) atoms. The first kappa shape index (κ1) is 5.60. The van der Waals surface area contributed by atoms with Crippen molar-refractivity contribution in [2.24, 2.45) is 11.8 Å². The van der Waals surface area contributed by atoms with Crippen molar-refractivity contribution in [3.8, 4) is 0 Å². The van der Waals surface area contributed by atoms with E-state index in [1.165, 1.54) is 0 Å². The van der Waals surface area contributed by atoms with Crippen molar-refractivity contribution in [3.63, 3.8) is 0 Å². The standard InChI is InChI=1S/C6H10O2/c1-2-4-3-5(4)6(7)8/h4-5H,2-3H2,1H3,(H,7,8)/t4-,5-/m1/s1. The Morgan fingerprint density at radius 2 is 2.50 bits per heavy atom. The number of hydrogen-bond acceptors (Lipinski definition) is 1. The molecule has 0 spiro atoms. The van der Waals surface area contributed by atoms with Crippen LogP contribution in [0.25, 0.3) is 0 Å². The first-order valence-corrected chi connectivity index (χ1v) is 2.98. The monoisotopic (exact) mass is 114 g/mol. The highest BCUT2D eigenvalue weighted by molar-refractivity contribution is 5.73. The molecule has 0 saturated heterocycles. The lowest BCUT2D eigenvalue weighted by Crippen LogP contribution is -1.98. The van der Waals surface area contributed by atoms with E-state index in [0.717, 1.165) is 12.8 Å². The zero-order valence-corrected chi connectivity index (χ0v) is 4.92. The largest absolute Gasteiger partial charge is 0.481 e. The number of hydrogen-bond donors (Lipinski definition) is 1. The molecule has 0 unspecified atom stereocenters. The molecule has 1 N–H and O–H groups in total. The maximum atomic E-state index is 10.1. The van der Waals surface area contributed by atoms with Gasteiger partial charge in [0.25, 0.3) is 0 Å². The maximum absolute atomic E-state index is 10.1. The fourth-order valence-corrected chi connectivity index (χ4v) is 1.00. The Hall–Kier alpha value is -0.530. The summed E-state index contributed by atoms with van der Waals surface area (Å²) in [5.41, 5.74) is 0. The van der Waals surface area contributed by atoms with E-state index in [9.17, 15) is 4.79 Å². The van der Waals surface area contributed by atoms with Crippen LogP contribution in [-0.4, -0.2) is 11.1 Å². The third kappa shape index (κ3) is 0.831. The van der Waals surface area contributed by atoms with Crippen molar-refractivity contribution in [1.82, 2.24) is 0 Å². The Kier molecular flexibility index (Phi) is 1.24. The van der Waals surface area contributed by atoms with E-state index in [0.29, 0.717) is 5.92 Å². The lowest BCUT2D eigenvalue weighted by molar-refractivity contribution is -0.138. The molecule has 0 bridgehead atoms. The van der Waals surface area contributed by atoms with Gasteiger partial charge in [-0.15, -0.1) is 0 Å². The second-order valence-electron chi connectivity index (χ2n) is 2.35. The summed E-state index contributed by atoms with van der Waals surface area (Å²) in [5, 5.41) is 8.35. The van der Waals surface area contributed by atoms with Gasteiger partial charge in [-0.25, -0.2) is 0 Å². The van der Waals surface area contributed by atoms with Crippen molar-refractivity contribution in [2.75, 3.05) is 0 Å². The van der Waals surface area contributed by atoms with Crippen molar-refractivity contribution >= 4 is 5.97 Å². The predicted molar refractivity (Wildman–Crippen MR) is 29.5 cm³/mol. The van der Waals surface area contributed by atoms with Gasteiger partial charge in [0.1, 0.15) is 0 Å². The van der Waals surface area contributed by atoms with Crippen molar-refractivity contribution < 1.29 is 9.90 Å². The SMILES string of the molecule is CC[C@@H]1C[C@H]1C(=O)O. The van der Waals surface area contributed by atoms with E-state index in [4.69, 9.17) is 5.11 Å². The summed E-state index contributed by atoms with van der Waals surface area (Å²) in [6.07, 6.45) is 1.93. The van der Waals surface area contributed by atoms with Crippen LogP contribution in [0.3, 0.4) is 0 Å². The van der Waals surface area contributed by atoms with E-state index in [2.05, 4.69) is 0 Å². The van der Waals surface area contributed by atoms with E-state index in [-0.39, 0.29) is 5.92 Å². The van der Waals surface area contributed by atoms with Gasteiger partial charge in [-0.1, -0.05) is 13.3 Å². The highest BCUT2D eigenvalue weighted by Crippen LogP contribution is 2.40. The normalized spacial score (nSPS) is 34.6. The minimum atomic E-state index is -0.614. The maximum Gasteiger partial charge on any atom is 0.306 e. The van der Waals surface area contributed by atoms with E-state index in [1.54, 1.807) is 0 Å². The van der Waals surface area contributed by atoms with Crippen LogP contribution < -0.4 is 0 Å². The number of carbonyl (C=O) groups is 1. The summed E-state index contributed by atoms with van der Waals surface area (Å²) < 4.78 is 0. The fourth-order valence-electron chi connectivity index (χ4n) is 1.00. The van der Waals surface area contributed by atoms with Gasteiger partial charge in [0.15, 0.2) is 0 Å². The van der Waals surface area contributed by atoms with Gasteiger partial charge in [0.05, 0.1) is 5.92 Å². The fraction of sp³-hybridized carbons (Fsp3) is 0.833. The zero-order valence-electron chi connectivity index (χ0n) is 4.92. The molecule has 0 aromatic carbocycles. The number of carboxylic acid groups (broad SMARTS) is 1. The van der Waals surface area contributed by atoms with E-state index < -0.39 is 5.97 Å². The zero-order chi connectivity index (χ0) is 6.15. The first-order valence-electron chi connectivity index (χ1n) is 2.98. The first-order chi connectivity index (χ1) is 3.75. The molecule has 1 saturated carbocycles. The van der Waals surface area contributed by atoms with Gasteiger partial charge in [0.2, 0.25) is 0 Å². The highest BCUT2D eigenvalue weighted by Gasteiger charge is 2.41. The van der Waals surface area contributed by atoms with E-state index >= 15 is 0 Å². The van der Waals surface area contributed by atoms with Crippen LogP contribution in [0.2, 0.25) is 0 Å². The molecule has 1 aliphatic carbocycles. The molecule has 0 radical (unpaired) electrons. The number of carboxylic acids is 1. The van der Waals surface area contributed by atoms with Crippen LogP contribution in [0.5, 0.6) is 0 Å². The van der Waals surface area contributed by atoms with Crippen molar-refractivity contribution in [3.05, 3.63) is 0 Å². The van der Waals surface area contributed by atoms with Gasteiger partial charge < -0.3 is 5.11 Å². The second kappa shape index (κ2) is 1.77. The van der Waals surface area contributed by atoms with Crippen LogP contribution in [-0.2, 0) is 4.79 Å². The number of aliphatic carboxylic acids is 1. The van der Waals surface area contributed by atoms with Crippen LogP contribution in [0.1, 0.15) is 19.8 Å². The van der Waals surface area contributed by atoms with Crippen LogP contribution in [0.4, 0.5) is 0 Å². The van der Waals surface area contributed by atoms with Crippen molar-refractivity contribution in [2.45, 2.75) is 19.8 Å². The second-order valence-corrected chi connectivity index (χ2v) is 2.35. The summed E-state index contributed by atoms with van der Waals surface area (Å²) in [7, 11) is 0. The van der Waals surface area contributed by atoms with Crippen LogP contribution in [0, 0.1) is 11.8 Å². The summed E-state index contributed by atoms with van der Waals surface area (Å²) in [6.45, 7) is 2.04. The molecule has 0 heterocycles. The highest BCUT2D eigenvalue weighted by atomic mass is 16.4. The minimum Gasteiger partial charge on any atom is -0.481 e. The molecule has 1 aliphatic rings. The molecule has 1 rings (SSSR count). The average molecular weight is 114 g/mol. The van der Waals surface area contributed by atoms with Gasteiger partial charge >= 0.3 is 5.97 Å². The Bertz CT molecular complexity index is 109. The molecule has 0 amide bonds. The summed E-state index contributed by atoms with van der Waals surface area (Å²) in [6, 6.07) is 0. The van der Waals surface area contributed by atoms with Gasteiger partial charge in [0, 0.05) is 0 Å². The van der Waals surface area contributed by atoms with Crippen LogP contribution >= 0.6 is 0 Å². The van der Waals surface area contributed by atoms with Gasteiger partial charge in [-0.2, -0.15) is 0 Å². The average Bonchev–Trinajstić information content (AvgIpc) is 2.42. The Balaban J connectivity index is 2.26. The Morgan fingerprint density at radius 1 is 1.88 bits per heavy atom. The summed E-state index contributed by atoms with van der Waals surface area (Å²) in [5.74, 6) is -0.121. The molecule has 2 atom stereocenters. The Labute approximate surface area is 48.5 Å². The molecule has 2 nitrogen and oxygen atoms in total. The molecule has 1 fully saturated rings. The smallest absolute Gasteiger partial charge is 0.306 e. The van der Waals surface area contributed by atoms with Crippen LogP contribution in [0.15, 0.2) is 0 Å². The molecule has 0 aromatic heterocycles. The third-order valence-corrected chi connectivity index (χ3v) is 1.76. The molecule has 0 aliphatic heterocycles. The Morgan fingerprint density at radius 3 is 2.62 bits per heavy atom. The molecule has 46 valence electrons.